The number of piperidine rings is 1. The Bertz CT molecular complexity index is 509. The molecule has 0 spiro atoms. The third-order valence-electron chi connectivity index (χ3n) is 5.27. The molecule has 1 aliphatic heterocycles. The number of nitrogens with zero attached hydrogens (tertiary/aromatic N) is 1. The lowest BCUT2D eigenvalue weighted by Crippen LogP contribution is -2.48. The van der Waals surface area contributed by atoms with Gasteiger partial charge in [-0.3, -0.25) is 0 Å². The molecule has 0 radical (unpaired) electrons. The van der Waals surface area contributed by atoms with Gasteiger partial charge in [0.2, 0.25) is 10.0 Å². The van der Waals surface area contributed by atoms with Gasteiger partial charge in [-0.25, -0.2) is 18.4 Å². The molecule has 1 saturated heterocycles. The van der Waals surface area contributed by atoms with Crippen LogP contribution in [0.2, 0.25) is 0 Å². The van der Waals surface area contributed by atoms with Crippen LogP contribution in [0.1, 0.15) is 52.4 Å². The fraction of sp³-hybridized carbons (Fsp3) is 0.938. The van der Waals surface area contributed by atoms with E-state index in [9.17, 15) is 13.2 Å². The van der Waals surface area contributed by atoms with Crippen LogP contribution in [0.5, 0.6) is 0 Å². The van der Waals surface area contributed by atoms with Crippen LogP contribution in [0.4, 0.5) is 4.79 Å². The monoisotopic (exact) mass is 345 g/mol. The smallest absolute Gasteiger partial charge is 0.317 e. The highest BCUT2D eigenvalue weighted by atomic mass is 32.2. The van der Waals surface area contributed by atoms with Crippen molar-refractivity contribution in [2.75, 3.05) is 25.4 Å². The molecule has 2 amide bonds. The van der Waals surface area contributed by atoms with Crippen LogP contribution in [-0.4, -0.2) is 44.7 Å². The maximum Gasteiger partial charge on any atom is 0.317 e. The number of hydrogen-bond acceptors (Lipinski definition) is 3. The van der Waals surface area contributed by atoms with Gasteiger partial charge in [-0.05, 0) is 55.8 Å². The molecule has 1 unspecified atom stereocenters. The number of likely N-dealkylation sites (tertiary alicyclic amines) is 1. The summed E-state index contributed by atoms with van der Waals surface area (Å²) in [5.74, 6) is 0.492. The molecule has 1 saturated carbocycles. The number of sulfonamides is 1. The predicted octanol–water partition coefficient (Wildman–Crippen LogP) is 1.91. The second kappa shape index (κ2) is 7.38. The van der Waals surface area contributed by atoms with Crippen molar-refractivity contribution in [3.8, 4) is 0 Å². The fourth-order valence-electron chi connectivity index (χ4n) is 3.72. The lowest BCUT2D eigenvalue weighted by molar-refractivity contribution is 0.160. The first kappa shape index (κ1) is 18.5. The number of amides is 2. The van der Waals surface area contributed by atoms with Gasteiger partial charge in [0.1, 0.15) is 0 Å². The van der Waals surface area contributed by atoms with Gasteiger partial charge in [0.25, 0.3) is 0 Å². The molecule has 2 aliphatic rings. The molecule has 6 nitrogen and oxygen atoms in total. The summed E-state index contributed by atoms with van der Waals surface area (Å²) in [6, 6.07) is -0.0612. The molecule has 134 valence electrons. The summed E-state index contributed by atoms with van der Waals surface area (Å²) < 4.78 is 22.4. The first-order valence-electron chi connectivity index (χ1n) is 8.68. The first-order chi connectivity index (χ1) is 10.6. The molecule has 7 heteroatoms. The van der Waals surface area contributed by atoms with E-state index in [-0.39, 0.29) is 17.7 Å². The Kier molecular flexibility index (Phi) is 5.94. The normalized spacial score (nSPS) is 26.0. The van der Waals surface area contributed by atoms with Crippen molar-refractivity contribution in [3.63, 3.8) is 0 Å². The molecular formula is C16H31N3O3S. The third kappa shape index (κ3) is 6.30. The molecule has 2 fully saturated rings. The van der Waals surface area contributed by atoms with Crippen molar-refractivity contribution in [3.05, 3.63) is 0 Å². The number of urea groups is 1. The fourth-order valence-corrected chi connectivity index (χ4v) is 4.65. The van der Waals surface area contributed by atoms with Crippen LogP contribution in [-0.2, 0) is 10.0 Å². The Morgan fingerprint density at radius 1 is 1.22 bits per heavy atom. The van der Waals surface area contributed by atoms with Gasteiger partial charge in [-0.1, -0.05) is 13.8 Å². The van der Waals surface area contributed by atoms with E-state index in [1.165, 1.54) is 25.7 Å². The minimum absolute atomic E-state index is 0.0332. The Hall–Kier alpha value is -0.820. The third-order valence-corrected chi connectivity index (χ3v) is 6.21. The lowest BCUT2D eigenvalue weighted by atomic mass is 9.73. The zero-order chi connectivity index (χ0) is 17.1. The molecule has 3 N–H and O–H groups in total. The molecule has 0 aromatic carbocycles. The SMILES string of the molecule is CC1(C)CCC(CNC(=O)N2CCCC(CS(N)(=O)=O)C2)CC1. The van der Waals surface area contributed by atoms with Crippen molar-refractivity contribution in [1.82, 2.24) is 10.2 Å². The van der Waals surface area contributed by atoms with Crippen LogP contribution >= 0.6 is 0 Å². The maximum absolute atomic E-state index is 12.3. The van der Waals surface area contributed by atoms with Crippen LogP contribution in [0.25, 0.3) is 0 Å². The van der Waals surface area contributed by atoms with Crippen LogP contribution in [0, 0.1) is 17.3 Å². The highest BCUT2D eigenvalue weighted by Crippen LogP contribution is 2.37. The van der Waals surface area contributed by atoms with E-state index in [1.807, 2.05) is 0 Å². The van der Waals surface area contributed by atoms with Gasteiger partial charge in [0.15, 0.2) is 0 Å². The standard InChI is InChI=1S/C16H31N3O3S/c1-16(2)7-5-13(6-8-16)10-18-15(20)19-9-3-4-14(11-19)12-23(17,21)22/h13-14H,3-12H2,1-2H3,(H,18,20)(H2,17,21,22). The maximum atomic E-state index is 12.3. The minimum Gasteiger partial charge on any atom is -0.338 e. The van der Waals surface area contributed by atoms with Gasteiger partial charge < -0.3 is 10.2 Å². The van der Waals surface area contributed by atoms with Gasteiger partial charge in [0, 0.05) is 19.6 Å². The molecule has 1 aliphatic carbocycles. The topological polar surface area (TPSA) is 92.5 Å². The van der Waals surface area contributed by atoms with E-state index in [2.05, 4.69) is 19.2 Å². The van der Waals surface area contributed by atoms with Crippen molar-refractivity contribution in [2.45, 2.75) is 52.4 Å². The van der Waals surface area contributed by atoms with Crippen LogP contribution in [0.3, 0.4) is 0 Å². The first-order valence-corrected chi connectivity index (χ1v) is 10.4. The molecular weight excluding hydrogens is 314 g/mol. The van der Waals surface area contributed by atoms with Crippen LogP contribution in [0.15, 0.2) is 0 Å². The van der Waals surface area contributed by atoms with Crippen molar-refractivity contribution >= 4 is 16.1 Å². The highest BCUT2D eigenvalue weighted by Gasteiger charge is 2.29. The minimum atomic E-state index is -3.47. The van der Waals surface area contributed by atoms with Crippen molar-refractivity contribution in [1.29, 1.82) is 0 Å². The van der Waals surface area contributed by atoms with Crippen LogP contribution < -0.4 is 10.5 Å². The van der Waals surface area contributed by atoms with Gasteiger partial charge in [-0.15, -0.1) is 0 Å². The van der Waals surface area contributed by atoms with Crippen molar-refractivity contribution < 1.29 is 13.2 Å². The van der Waals surface area contributed by atoms with E-state index in [0.717, 1.165) is 19.4 Å². The van der Waals surface area contributed by atoms with Crippen molar-refractivity contribution in [2.24, 2.45) is 22.4 Å². The summed E-state index contributed by atoms with van der Waals surface area (Å²) in [7, 11) is -3.47. The highest BCUT2D eigenvalue weighted by molar-refractivity contribution is 7.89. The average molecular weight is 346 g/mol. The molecule has 0 bridgehead atoms. The van der Waals surface area contributed by atoms with E-state index >= 15 is 0 Å². The van der Waals surface area contributed by atoms with Gasteiger partial charge >= 0.3 is 6.03 Å². The van der Waals surface area contributed by atoms with E-state index in [4.69, 9.17) is 5.14 Å². The largest absolute Gasteiger partial charge is 0.338 e. The lowest BCUT2D eigenvalue weighted by Gasteiger charge is -2.35. The quantitative estimate of drug-likeness (QED) is 0.815. The van der Waals surface area contributed by atoms with E-state index in [1.54, 1.807) is 4.90 Å². The Morgan fingerprint density at radius 2 is 1.87 bits per heavy atom. The second-order valence-corrected chi connectivity index (χ2v) is 9.74. The molecule has 0 aromatic heterocycles. The summed E-state index contributed by atoms with van der Waals surface area (Å²) in [6.07, 6.45) is 6.42. The molecule has 0 aromatic rings. The number of nitrogens with two attached hydrogens (primary N) is 1. The number of rotatable bonds is 4. The van der Waals surface area contributed by atoms with Gasteiger partial charge in [-0.2, -0.15) is 0 Å². The molecule has 1 atom stereocenters. The number of nitrogens with one attached hydrogen (secondary N) is 1. The average Bonchev–Trinajstić information content (AvgIpc) is 2.44. The zero-order valence-corrected chi connectivity index (χ0v) is 15.2. The summed E-state index contributed by atoms with van der Waals surface area (Å²) in [4.78, 5) is 14.1. The Balaban J connectivity index is 1.75. The molecule has 1 heterocycles. The number of hydrogen-bond donors (Lipinski definition) is 2. The van der Waals surface area contributed by atoms with E-state index in [0.29, 0.717) is 24.4 Å². The number of primary sulfonamides is 1. The molecule has 23 heavy (non-hydrogen) atoms. The number of carbonyl (C=O) groups excluding carboxylic acids is 1. The van der Waals surface area contributed by atoms with E-state index < -0.39 is 10.0 Å². The number of carbonyl (C=O) groups is 1. The summed E-state index contributed by atoms with van der Waals surface area (Å²) in [5, 5.41) is 8.16. The summed E-state index contributed by atoms with van der Waals surface area (Å²) >= 11 is 0. The molecule has 2 rings (SSSR count). The second-order valence-electron chi connectivity index (χ2n) is 8.08. The Morgan fingerprint density at radius 3 is 2.48 bits per heavy atom. The van der Waals surface area contributed by atoms with Gasteiger partial charge in [0.05, 0.1) is 5.75 Å². The summed E-state index contributed by atoms with van der Waals surface area (Å²) in [5.41, 5.74) is 0.439. The zero-order valence-electron chi connectivity index (χ0n) is 14.4. The summed E-state index contributed by atoms with van der Waals surface area (Å²) in [6.45, 7) is 6.53. The predicted molar refractivity (Wildman–Crippen MR) is 91.4 cm³/mol. The Labute approximate surface area is 140 Å².